The summed E-state index contributed by atoms with van der Waals surface area (Å²) in [4.78, 5) is 0. The van der Waals surface area contributed by atoms with E-state index in [1.54, 1.807) is 0 Å². The van der Waals surface area contributed by atoms with E-state index in [0.717, 1.165) is 4.74 Å². The van der Waals surface area contributed by atoms with E-state index >= 15 is 0 Å². The van der Waals surface area contributed by atoms with Gasteiger partial charge in [-0.05, 0) is 0 Å². The molecule has 0 spiro atoms. The first-order valence-electron chi connectivity index (χ1n) is 5.84. The predicted octanol–water partition coefficient (Wildman–Crippen LogP) is 4.77. The third-order valence-corrected chi connectivity index (χ3v) is 3.71. The van der Waals surface area contributed by atoms with E-state index in [4.69, 9.17) is 4.55 Å². The van der Waals surface area contributed by atoms with Gasteiger partial charge in [-0.1, -0.05) is 0 Å². The second kappa shape index (κ2) is 6.84. The molecule has 0 aromatic heterocycles. The van der Waals surface area contributed by atoms with Crippen LogP contribution in [0.2, 0.25) is 0 Å². The van der Waals surface area contributed by atoms with Crippen LogP contribution < -0.4 is 0 Å². The average molecular weight is 516 g/mol. The molecule has 0 aliphatic heterocycles. The summed E-state index contributed by atoms with van der Waals surface area (Å²) in [5.74, 6) is -34.0. The van der Waals surface area contributed by atoms with Crippen LogP contribution in [0.5, 0.6) is 0 Å². The van der Waals surface area contributed by atoms with Gasteiger partial charge in [0.2, 0.25) is 0 Å². The van der Waals surface area contributed by atoms with Crippen LogP contribution in [0.4, 0.5) is 74.6 Å². The SMILES string of the molecule is O=S(=O)(O)C(F)(F)C(F)(F)OC(F)(F)C(F)(F)C(F)(F)C(F)(F)C(F)(F)C(F)(F)F. The van der Waals surface area contributed by atoms with Gasteiger partial charge in [0.25, 0.3) is 0 Å². The lowest BCUT2D eigenvalue weighted by Crippen LogP contribution is -2.71. The lowest BCUT2D eigenvalue weighted by molar-refractivity contribution is -0.502. The first-order chi connectivity index (χ1) is 12.5. The number of rotatable bonds is 8. The summed E-state index contributed by atoms with van der Waals surface area (Å²) in [5.41, 5.74) is 0. The summed E-state index contributed by atoms with van der Waals surface area (Å²) in [5, 5.41) is -7.37. The van der Waals surface area contributed by atoms with E-state index < -0.39 is 57.5 Å². The molecule has 1 N–H and O–H groups in total. The molecule has 0 saturated heterocycles. The minimum atomic E-state index is -8.66. The molecule has 0 unspecified atom stereocenters. The van der Waals surface area contributed by atoms with Gasteiger partial charge in [0.1, 0.15) is 0 Å². The van der Waals surface area contributed by atoms with Crippen molar-refractivity contribution in [3.63, 3.8) is 0 Å². The fourth-order valence-corrected chi connectivity index (χ4v) is 1.53. The monoisotopic (exact) mass is 516 g/mol. The molecule has 0 rings (SSSR count). The van der Waals surface area contributed by atoms with Crippen molar-refractivity contribution in [1.82, 2.24) is 0 Å². The van der Waals surface area contributed by atoms with Crippen molar-refractivity contribution in [2.45, 2.75) is 47.3 Å². The third-order valence-electron chi connectivity index (χ3n) is 2.82. The highest BCUT2D eigenvalue weighted by molar-refractivity contribution is 7.86. The van der Waals surface area contributed by atoms with Gasteiger partial charge in [0, 0.05) is 0 Å². The molecule has 22 heteroatoms. The minimum absolute atomic E-state index is 1.12. The average Bonchev–Trinajstić information content (AvgIpc) is 2.42. The second-order valence-corrected chi connectivity index (χ2v) is 6.39. The van der Waals surface area contributed by atoms with Crippen LogP contribution in [0.25, 0.3) is 0 Å². The Kier molecular flexibility index (Phi) is 6.54. The predicted molar refractivity (Wildman–Crippen MR) is 53.3 cm³/mol. The summed E-state index contributed by atoms with van der Waals surface area (Å²) >= 11 is 0. The van der Waals surface area contributed by atoms with E-state index in [0.29, 0.717) is 0 Å². The number of halogens is 17. The fraction of sp³-hybridized carbons (Fsp3) is 1.00. The van der Waals surface area contributed by atoms with E-state index in [-0.39, 0.29) is 0 Å². The summed E-state index contributed by atoms with van der Waals surface area (Å²) in [7, 11) is -7.58. The van der Waals surface area contributed by atoms with Gasteiger partial charge in [-0.25, -0.2) is 4.74 Å². The molecule has 0 aromatic carbocycles. The Morgan fingerprint density at radius 3 is 1.07 bits per heavy atom. The topological polar surface area (TPSA) is 63.6 Å². The Labute approximate surface area is 151 Å². The molecule has 0 fully saturated rings. The second-order valence-electron chi connectivity index (χ2n) is 4.92. The Balaban J connectivity index is 6.53. The zero-order chi connectivity index (χ0) is 25.2. The highest BCUT2D eigenvalue weighted by Gasteiger charge is 2.92. The Morgan fingerprint density at radius 2 is 0.800 bits per heavy atom. The van der Waals surface area contributed by atoms with E-state index in [1.807, 2.05) is 0 Å². The molecule has 0 aromatic rings. The van der Waals surface area contributed by atoms with E-state index in [1.165, 1.54) is 0 Å². The van der Waals surface area contributed by atoms with E-state index in [9.17, 15) is 83.1 Å². The fourth-order valence-electron chi connectivity index (χ4n) is 1.19. The Hall–Kier alpha value is -1.32. The lowest BCUT2D eigenvalue weighted by atomic mass is 9.97. The zero-order valence-corrected chi connectivity index (χ0v) is 13.3. The van der Waals surface area contributed by atoms with Crippen LogP contribution in [0.1, 0.15) is 0 Å². The summed E-state index contributed by atoms with van der Waals surface area (Å²) in [6.07, 6.45) is -23.7. The quantitative estimate of drug-likeness (QED) is 0.373. The van der Waals surface area contributed by atoms with Crippen LogP contribution in [-0.2, 0) is 14.9 Å². The maximum absolute atomic E-state index is 13.0. The first kappa shape index (κ1) is 28.7. The molecule has 0 atom stereocenters. The molecule has 0 amide bonds. The van der Waals surface area contributed by atoms with Crippen LogP contribution in [0.3, 0.4) is 0 Å². The smallest absolute Gasteiger partial charge is 0.281 e. The Morgan fingerprint density at radius 1 is 0.500 bits per heavy atom. The summed E-state index contributed by atoms with van der Waals surface area (Å²) in [6.45, 7) is 0. The van der Waals surface area contributed by atoms with Crippen LogP contribution in [-0.4, -0.2) is 60.3 Å². The standard InChI is InChI=1S/C8HF17O4S/c9-1(10,3(13,14)5(17,18)19)2(11,12)4(15,16)6(20,21)29-7(22,23)8(24,25)30(26,27)28/h(H,26,27,28). The number of alkyl halides is 17. The van der Waals surface area contributed by atoms with Gasteiger partial charge >= 0.3 is 57.5 Å². The maximum atomic E-state index is 13.0. The number of hydrogen-bond acceptors (Lipinski definition) is 3. The van der Waals surface area contributed by atoms with Gasteiger partial charge in [0.05, 0.1) is 0 Å². The van der Waals surface area contributed by atoms with Gasteiger partial charge in [-0.2, -0.15) is 83.1 Å². The van der Waals surface area contributed by atoms with Crippen molar-refractivity contribution < 1.29 is 92.3 Å². The highest BCUT2D eigenvalue weighted by atomic mass is 32.2. The highest BCUT2D eigenvalue weighted by Crippen LogP contribution is 2.61. The molecule has 0 heterocycles. The molecule has 182 valence electrons. The van der Waals surface area contributed by atoms with Gasteiger partial charge < -0.3 is 0 Å². The molecule has 30 heavy (non-hydrogen) atoms. The molecule has 0 bridgehead atoms. The first-order valence-corrected chi connectivity index (χ1v) is 7.28. The Bertz CT molecular complexity index is 750. The molecule has 0 saturated carbocycles. The van der Waals surface area contributed by atoms with E-state index in [2.05, 4.69) is 0 Å². The van der Waals surface area contributed by atoms with Gasteiger partial charge in [0.15, 0.2) is 0 Å². The normalized spacial score (nSPS) is 16.7. The van der Waals surface area contributed by atoms with Crippen LogP contribution >= 0.6 is 0 Å². The lowest BCUT2D eigenvalue weighted by Gasteiger charge is -2.40. The van der Waals surface area contributed by atoms with Crippen molar-refractivity contribution in [3.05, 3.63) is 0 Å². The van der Waals surface area contributed by atoms with Crippen LogP contribution in [0, 0.1) is 0 Å². The molecular weight excluding hydrogens is 515 g/mol. The zero-order valence-electron chi connectivity index (χ0n) is 12.5. The molecule has 0 aliphatic carbocycles. The number of ether oxygens (including phenoxy) is 1. The van der Waals surface area contributed by atoms with Crippen molar-refractivity contribution in [2.75, 3.05) is 0 Å². The molecule has 0 aliphatic rings. The molecule has 0 radical (unpaired) electrons. The molecular formula is C8HF17O4S. The summed E-state index contributed by atoms with van der Waals surface area (Å²) < 4.78 is 243. The van der Waals surface area contributed by atoms with Gasteiger partial charge in [-0.3, -0.25) is 4.55 Å². The van der Waals surface area contributed by atoms with Gasteiger partial charge in [-0.15, -0.1) is 0 Å². The molecule has 4 nitrogen and oxygen atoms in total. The van der Waals surface area contributed by atoms with Crippen molar-refractivity contribution >= 4 is 10.1 Å². The van der Waals surface area contributed by atoms with Crippen LogP contribution in [0.15, 0.2) is 0 Å². The minimum Gasteiger partial charge on any atom is -0.281 e. The maximum Gasteiger partial charge on any atom is 0.460 e. The third kappa shape index (κ3) is 3.84. The largest absolute Gasteiger partial charge is 0.460 e. The van der Waals surface area contributed by atoms with Crippen molar-refractivity contribution in [3.8, 4) is 0 Å². The van der Waals surface area contributed by atoms with Crippen molar-refractivity contribution in [1.29, 1.82) is 0 Å². The summed E-state index contributed by atoms with van der Waals surface area (Å²) in [6, 6.07) is 0. The number of hydrogen-bond donors (Lipinski definition) is 1. The van der Waals surface area contributed by atoms with Crippen molar-refractivity contribution in [2.24, 2.45) is 0 Å².